The van der Waals surface area contributed by atoms with Crippen molar-refractivity contribution in [1.29, 1.82) is 0 Å². The molecule has 2 heterocycles. The van der Waals surface area contributed by atoms with Gasteiger partial charge in [0.05, 0.1) is 22.3 Å². The van der Waals surface area contributed by atoms with Crippen LogP contribution in [0.1, 0.15) is 28.9 Å². The molecule has 2 aromatic heterocycles. The van der Waals surface area contributed by atoms with E-state index in [4.69, 9.17) is 10.3 Å². The van der Waals surface area contributed by atoms with Crippen LogP contribution in [0.2, 0.25) is 0 Å². The number of nitrogens with zero attached hydrogens (tertiary/aromatic N) is 2. The molecule has 1 aromatic carbocycles. The first kappa shape index (κ1) is 19.3. The van der Waals surface area contributed by atoms with Gasteiger partial charge in [-0.2, -0.15) is 0 Å². The summed E-state index contributed by atoms with van der Waals surface area (Å²) in [6.45, 7) is 2.17. The van der Waals surface area contributed by atoms with Crippen molar-refractivity contribution in [2.24, 2.45) is 11.7 Å². The van der Waals surface area contributed by atoms with Crippen LogP contribution >= 0.6 is 12.4 Å². The van der Waals surface area contributed by atoms with E-state index in [0.717, 1.165) is 12.8 Å². The molecule has 27 heavy (non-hydrogen) atoms. The van der Waals surface area contributed by atoms with Crippen molar-refractivity contribution < 1.29 is 13.7 Å². The van der Waals surface area contributed by atoms with E-state index in [2.05, 4.69) is 15.5 Å². The second-order valence-electron chi connectivity index (χ2n) is 6.66. The lowest BCUT2D eigenvalue weighted by Crippen LogP contribution is -2.41. The second-order valence-corrected chi connectivity index (χ2v) is 6.66. The van der Waals surface area contributed by atoms with Gasteiger partial charge in [-0.25, -0.2) is 9.37 Å². The van der Waals surface area contributed by atoms with E-state index in [-0.39, 0.29) is 35.9 Å². The minimum absolute atomic E-state index is 0. The molecule has 3 N–H and O–H groups in total. The van der Waals surface area contributed by atoms with Crippen LogP contribution in [0.4, 0.5) is 4.39 Å². The molecule has 0 radical (unpaired) electrons. The smallest absolute Gasteiger partial charge is 0.259 e. The number of fused-ring (bicyclic) bond motifs is 1. The number of carbonyl (C=O) groups is 1. The van der Waals surface area contributed by atoms with Crippen molar-refractivity contribution in [3.63, 3.8) is 0 Å². The topological polar surface area (TPSA) is 94.0 Å². The number of nitrogens with two attached hydrogens (primary N) is 1. The van der Waals surface area contributed by atoms with Crippen molar-refractivity contribution in [3.8, 4) is 11.3 Å². The Kier molecular flexibility index (Phi) is 5.43. The number of hydrogen-bond donors (Lipinski definition) is 2. The number of aromatic nitrogens is 2. The van der Waals surface area contributed by atoms with Crippen LogP contribution in [-0.2, 0) is 0 Å². The number of rotatable bonds is 5. The summed E-state index contributed by atoms with van der Waals surface area (Å²) >= 11 is 0. The summed E-state index contributed by atoms with van der Waals surface area (Å²) in [6, 6.07) is 7.58. The number of nitrogens with one attached hydrogen (secondary N) is 1. The zero-order valence-electron chi connectivity index (χ0n) is 14.7. The number of pyridine rings is 1. The highest BCUT2D eigenvalue weighted by molar-refractivity contribution is 6.07. The first-order valence-electron chi connectivity index (χ1n) is 8.60. The van der Waals surface area contributed by atoms with E-state index in [1.165, 1.54) is 12.1 Å². The van der Waals surface area contributed by atoms with Gasteiger partial charge < -0.3 is 15.6 Å². The molecule has 142 valence electrons. The maximum Gasteiger partial charge on any atom is 0.259 e. The number of aryl methyl sites for hydroxylation is 1. The largest absolute Gasteiger partial charge is 0.348 e. The second kappa shape index (κ2) is 7.62. The van der Waals surface area contributed by atoms with Gasteiger partial charge in [0.2, 0.25) is 0 Å². The summed E-state index contributed by atoms with van der Waals surface area (Å²) in [6.07, 6.45) is 2.17. The number of benzene rings is 1. The fourth-order valence-corrected chi connectivity index (χ4v) is 3.16. The normalized spacial score (nSPS) is 14.6. The van der Waals surface area contributed by atoms with E-state index >= 15 is 0 Å². The molecule has 8 heteroatoms. The molecule has 0 saturated heterocycles. The monoisotopic (exact) mass is 390 g/mol. The zero-order valence-corrected chi connectivity index (χ0v) is 15.6. The van der Waals surface area contributed by atoms with E-state index in [1.807, 2.05) is 0 Å². The molecule has 1 aliphatic carbocycles. The zero-order chi connectivity index (χ0) is 18.3. The Morgan fingerprint density at radius 1 is 1.37 bits per heavy atom. The van der Waals surface area contributed by atoms with Crippen molar-refractivity contribution >= 4 is 29.4 Å². The van der Waals surface area contributed by atoms with Gasteiger partial charge in [0.15, 0.2) is 0 Å². The number of amides is 1. The minimum atomic E-state index is -0.335. The van der Waals surface area contributed by atoms with Crippen LogP contribution < -0.4 is 11.1 Å². The van der Waals surface area contributed by atoms with Crippen molar-refractivity contribution in [3.05, 3.63) is 47.4 Å². The van der Waals surface area contributed by atoms with Gasteiger partial charge >= 0.3 is 0 Å². The number of hydrogen-bond acceptors (Lipinski definition) is 5. The summed E-state index contributed by atoms with van der Waals surface area (Å²) < 4.78 is 18.5. The number of carbonyl (C=O) groups excluding carboxylic acids is 1. The Morgan fingerprint density at radius 2 is 2.07 bits per heavy atom. The molecule has 1 fully saturated rings. The van der Waals surface area contributed by atoms with Crippen LogP contribution in [0.25, 0.3) is 22.4 Å². The van der Waals surface area contributed by atoms with Gasteiger partial charge in [-0.3, -0.25) is 4.79 Å². The highest BCUT2D eigenvalue weighted by Gasteiger charge is 2.32. The fourth-order valence-electron chi connectivity index (χ4n) is 3.16. The van der Waals surface area contributed by atoms with Crippen molar-refractivity contribution in [1.82, 2.24) is 15.5 Å². The Labute approximate surface area is 161 Å². The van der Waals surface area contributed by atoms with Gasteiger partial charge in [-0.1, -0.05) is 5.16 Å². The van der Waals surface area contributed by atoms with Crippen molar-refractivity contribution in [2.45, 2.75) is 25.8 Å². The average Bonchev–Trinajstić information content (AvgIpc) is 3.42. The molecule has 6 nitrogen and oxygen atoms in total. The highest BCUT2D eigenvalue weighted by atomic mass is 35.5. The molecule has 1 unspecified atom stereocenters. The SMILES string of the molecule is Cc1noc2nc(-c3ccc(F)cc3)cc(C(=O)NC(CN)C3CC3)c12.Cl. The summed E-state index contributed by atoms with van der Waals surface area (Å²) in [7, 11) is 0. The van der Waals surface area contributed by atoms with Gasteiger partial charge in [0.25, 0.3) is 11.6 Å². The molecule has 1 aliphatic rings. The minimum Gasteiger partial charge on any atom is -0.348 e. The van der Waals surface area contributed by atoms with Crippen LogP contribution in [0.15, 0.2) is 34.9 Å². The van der Waals surface area contributed by atoms with Crippen LogP contribution in [0.5, 0.6) is 0 Å². The Bertz CT molecular complexity index is 970. The molecule has 1 saturated carbocycles. The third kappa shape index (κ3) is 3.79. The lowest BCUT2D eigenvalue weighted by Gasteiger charge is -2.16. The standard InChI is InChI=1S/C19H19FN4O2.ClH/c1-10-17-14(18(25)22-16(9-21)12-2-3-12)8-15(23-19(17)26-24-10)11-4-6-13(20)7-5-11;/h4-8,12,16H,2-3,9,21H2,1H3,(H,22,25);1H. The van der Waals surface area contributed by atoms with Crippen LogP contribution in [0, 0.1) is 18.7 Å². The Morgan fingerprint density at radius 3 is 2.70 bits per heavy atom. The molecule has 1 atom stereocenters. The highest BCUT2D eigenvalue weighted by Crippen LogP contribution is 2.33. The third-order valence-electron chi connectivity index (χ3n) is 4.76. The molecular weight excluding hydrogens is 371 g/mol. The maximum absolute atomic E-state index is 13.2. The number of halogens is 2. The van der Waals surface area contributed by atoms with Gasteiger partial charge in [0, 0.05) is 18.2 Å². The molecule has 0 spiro atoms. The van der Waals surface area contributed by atoms with Crippen LogP contribution in [0.3, 0.4) is 0 Å². The maximum atomic E-state index is 13.2. The quantitative estimate of drug-likeness (QED) is 0.697. The lowest BCUT2D eigenvalue weighted by atomic mass is 10.0. The molecule has 0 aliphatic heterocycles. The molecule has 1 amide bonds. The molecule has 3 aromatic rings. The Hall–Kier alpha value is -2.51. The molecule has 0 bridgehead atoms. The van der Waals surface area contributed by atoms with E-state index in [0.29, 0.717) is 40.4 Å². The summed E-state index contributed by atoms with van der Waals surface area (Å²) in [5, 5.41) is 7.54. The van der Waals surface area contributed by atoms with Crippen LogP contribution in [-0.4, -0.2) is 28.6 Å². The third-order valence-corrected chi connectivity index (χ3v) is 4.76. The Balaban J connectivity index is 0.00000210. The van der Waals surface area contributed by atoms with E-state index in [9.17, 15) is 9.18 Å². The average molecular weight is 391 g/mol. The predicted molar refractivity (Wildman–Crippen MR) is 102 cm³/mol. The van der Waals surface area contributed by atoms with Gasteiger partial charge in [-0.05, 0) is 56.0 Å². The van der Waals surface area contributed by atoms with E-state index in [1.54, 1.807) is 25.1 Å². The summed E-state index contributed by atoms with van der Waals surface area (Å²) in [5.41, 5.74) is 8.33. The van der Waals surface area contributed by atoms with Gasteiger partial charge in [0.1, 0.15) is 5.82 Å². The first-order chi connectivity index (χ1) is 12.6. The first-order valence-corrected chi connectivity index (χ1v) is 8.60. The molecular formula is C19H20ClFN4O2. The molecule has 4 rings (SSSR count). The van der Waals surface area contributed by atoms with Gasteiger partial charge in [-0.15, -0.1) is 12.4 Å². The summed E-state index contributed by atoms with van der Waals surface area (Å²) in [4.78, 5) is 17.4. The summed E-state index contributed by atoms with van der Waals surface area (Å²) in [5.74, 6) is -0.116. The predicted octanol–water partition coefficient (Wildman–Crippen LogP) is 3.23. The van der Waals surface area contributed by atoms with Crippen molar-refractivity contribution in [2.75, 3.05) is 6.54 Å². The van der Waals surface area contributed by atoms with E-state index < -0.39 is 0 Å². The fraction of sp³-hybridized carbons (Fsp3) is 0.316. The lowest BCUT2D eigenvalue weighted by molar-refractivity contribution is 0.0935.